The van der Waals surface area contributed by atoms with Gasteiger partial charge in [-0.1, -0.05) is 39.4 Å². The highest BCUT2D eigenvalue weighted by Gasteiger charge is 2.26. The number of rotatable bonds is 6. The second-order valence-electron chi connectivity index (χ2n) is 6.35. The molecule has 2 aromatic carbocycles. The average molecular weight is 447 g/mol. The van der Waals surface area contributed by atoms with Gasteiger partial charge in [0.25, 0.3) is 5.91 Å². The molecule has 0 unspecified atom stereocenters. The van der Waals surface area contributed by atoms with Crippen LogP contribution in [0, 0.1) is 0 Å². The highest BCUT2D eigenvalue weighted by molar-refractivity contribution is 9.10. The summed E-state index contributed by atoms with van der Waals surface area (Å²) >= 11 is 4.91. The van der Waals surface area contributed by atoms with Crippen LogP contribution < -0.4 is 9.64 Å². The van der Waals surface area contributed by atoms with Gasteiger partial charge in [0.2, 0.25) is 0 Å². The lowest BCUT2D eigenvalue weighted by atomic mass is 10.2. The second-order valence-corrected chi connectivity index (χ2v) is 8.27. The normalized spacial score (nSPS) is 16.6. The second kappa shape index (κ2) is 8.37. The number of thiazole rings is 1. The maximum Gasteiger partial charge on any atom is 0.266 e. The van der Waals surface area contributed by atoms with E-state index in [-0.39, 0.29) is 18.6 Å². The number of aromatic nitrogens is 1. The van der Waals surface area contributed by atoms with Crippen molar-refractivity contribution in [3.63, 3.8) is 0 Å². The highest BCUT2D eigenvalue weighted by Crippen LogP contribution is 2.30. The lowest BCUT2D eigenvalue weighted by Gasteiger charge is -2.23. The average Bonchev–Trinajstić information content (AvgIpc) is 3.34. The molecule has 2 heterocycles. The molecule has 1 fully saturated rings. The van der Waals surface area contributed by atoms with Crippen LogP contribution in [-0.4, -0.2) is 36.8 Å². The van der Waals surface area contributed by atoms with Gasteiger partial charge >= 0.3 is 0 Å². The Morgan fingerprint density at radius 1 is 1.26 bits per heavy atom. The van der Waals surface area contributed by atoms with Crippen molar-refractivity contribution in [1.29, 1.82) is 0 Å². The minimum atomic E-state index is -0.118. The summed E-state index contributed by atoms with van der Waals surface area (Å²) in [6.45, 7) is 1.22. The van der Waals surface area contributed by atoms with E-state index in [1.807, 2.05) is 48.5 Å². The Hall–Kier alpha value is -1.96. The maximum atomic E-state index is 13.0. The number of anilines is 1. The Balaban J connectivity index is 1.52. The summed E-state index contributed by atoms with van der Waals surface area (Å²) in [4.78, 5) is 19.3. The third-order valence-electron chi connectivity index (χ3n) is 4.40. The number of benzene rings is 2. The molecule has 4 rings (SSSR count). The first-order valence-electron chi connectivity index (χ1n) is 8.85. The number of fused-ring (bicyclic) bond motifs is 1. The van der Waals surface area contributed by atoms with Crippen LogP contribution in [0.2, 0.25) is 0 Å². The zero-order valence-electron chi connectivity index (χ0n) is 14.6. The summed E-state index contributed by atoms with van der Waals surface area (Å²) in [5, 5.41) is 0.691. The van der Waals surface area contributed by atoms with Crippen LogP contribution in [0.5, 0.6) is 5.75 Å². The van der Waals surface area contributed by atoms with Crippen LogP contribution in [0.25, 0.3) is 10.2 Å². The standard InChI is InChI=1S/C20H19BrN2O3S/c21-14-7-9-15(10-8-14)26-13-19(24)23(12-16-4-3-11-25-16)20-22-17-5-1-2-6-18(17)27-20/h1-2,5-10,16H,3-4,11-13H2/t16-/m0/s1. The molecule has 5 nitrogen and oxygen atoms in total. The molecule has 0 radical (unpaired) electrons. The van der Waals surface area contributed by atoms with Gasteiger partial charge in [-0.15, -0.1) is 0 Å². The van der Waals surface area contributed by atoms with Crippen molar-refractivity contribution in [2.75, 3.05) is 24.7 Å². The summed E-state index contributed by atoms with van der Waals surface area (Å²) in [5.74, 6) is 0.542. The van der Waals surface area contributed by atoms with Crippen molar-refractivity contribution in [3.05, 3.63) is 53.0 Å². The van der Waals surface area contributed by atoms with Gasteiger partial charge in [0.1, 0.15) is 5.75 Å². The Kier molecular flexibility index (Phi) is 5.71. The van der Waals surface area contributed by atoms with Crippen LogP contribution in [0.4, 0.5) is 5.13 Å². The fraction of sp³-hybridized carbons (Fsp3) is 0.300. The number of carbonyl (C=O) groups is 1. The molecule has 7 heteroatoms. The first-order valence-corrected chi connectivity index (χ1v) is 10.5. The number of hydrogen-bond donors (Lipinski definition) is 0. The molecule has 1 aliphatic rings. The number of carbonyl (C=O) groups excluding carboxylic acids is 1. The van der Waals surface area contributed by atoms with Crippen molar-refractivity contribution in [2.45, 2.75) is 18.9 Å². The number of halogens is 1. The van der Waals surface area contributed by atoms with Gasteiger partial charge in [0.15, 0.2) is 11.7 Å². The molecule has 27 heavy (non-hydrogen) atoms. The first kappa shape index (κ1) is 18.4. The molecule has 1 atom stereocenters. The van der Waals surface area contributed by atoms with E-state index in [1.165, 1.54) is 11.3 Å². The SMILES string of the molecule is O=C(COc1ccc(Br)cc1)N(C[C@@H]1CCCO1)c1nc2ccccc2s1. The number of nitrogens with zero attached hydrogens (tertiary/aromatic N) is 2. The Labute approximate surface area is 170 Å². The fourth-order valence-electron chi connectivity index (χ4n) is 3.01. The van der Waals surface area contributed by atoms with Gasteiger partial charge in [0.05, 0.1) is 22.9 Å². The van der Waals surface area contributed by atoms with E-state index < -0.39 is 0 Å². The molecule has 3 aromatic rings. The zero-order chi connectivity index (χ0) is 18.6. The Morgan fingerprint density at radius 3 is 2.81 bits per heavy atom. The predicted octanol–water partition coefficient (Wildman–Crippen LogP) is 4.65. The third kappa shape index (κ3) is 4.48. The zero-order valence-corrected chi connectivity index (χ0v) is 17.0. The number of ether oxygens (including phenoxy) is 2. The summed E-state index contributed by atoms with van der Waals surface area (Å²) in [6, 6.07) is 15.3. The quantitative estimate of drug-likeness (QED) is 0.552. The Morgan fingerprint density at radius 2 is 2.07 bits per heavy atom. The highest BCUT2D eigenvalue weighted by atomic mass is 79.9. The van der Waals surface area contributed by atoms with Crippen molar-refractivity contribution >= 4 is 48.5 Å². The van der Waals surface area contributed by atoms with Crippen LogP contribution in [-0.2, 0) is 9.53 Å². The third-order valence-corrected chi connectivity index (χ3v) is 5.99. The van der Waals surface area contributed by atoms with E-state index in [0.717, 1.165) is 34.1 Å². The van der Waals surface area contributed by atoms with Crippen molar-refractivity contribution < 1.29 is 14.3 Å². The molecule has 1 aromatic heterocycles. The smallest absolute Gasteiger partial charge is 0.266 e. The lowest BCUT2D eigenvalue weighted by Crippen LogP contribution is -2.40. The molecule has 0 bridgehead atoms. The molecule has 1 amide bonds. The summed E-state index contributed by atoms with van der Waals surface area (Å²) in [5.41, 5.74) is 0.900. The topological polar surface area (TPSA) is 51.7 Å². The van der Waals surface area contributed by atoms with E-state index >= 15 is 0 Å². The molecule has 0 N–H and O–H groups in total. The number of amides is 1. The van der Waals surface area contributed by atoms with E-state index in [0.29, 0.717) is 17.4 Å². The predicted molar refractivity (Wildman–Crippen MR) is 111 cm³/mol. The minimum Gasteiger partial charge on any atom is -0.484 e. The summed E-state index contributed by atoms with van der Waals surface area (Å²) < 4.78 is 13.5. The van der Waals surface area contributed by atoms with Gasteiger partial charge in [0, 0.05) is 11.1 Å². The molecule has 140 valence electrons. The van der Waals surface area contributed by atoms with Crippen LogP contribution in [0.1, 0.15) is 12.8 Å². The van der Waals surface area contributed by atoms with Crippen molar-refractivity contribution in [2.24, 2.45) is 0 Å². The van der Waals surface area contributed by atoms with E-state index in [9.17, 15) is 4.79 Å². The lowest BCUT2D eigenvalue weighted by molar-refractivity contribution is -0.120. The van der Waals surface area contributed by atoms with Crippen molar-refractivity contribution in [3.8, 4) is 5.75 Å². The maximum absolute atomic E-state index is 13.0. The number of para-hydroxylation sites is 1. The van der Waals surface area contributed by atoms with Crippen molar-refractivity contribution in [1.82, 2.24) is 4.98 Å². The molecule has 0 spiro atoms. The van der Waals surface area contributed by atoms with Gasteiger partial charge in [-0.2, -0.15) is 0 Å². The molecule has 0 aliphatic carbocycles. The Bertz CT molecular complexity index is 889. The van der Waals surface area contributed by atoms with E-state index in [1.54, 1.807) is 4.90 Å². The monoisotopic (exact) mass is 446 g/mol. The van der Waals surface area contributed by atoms with E-state index in [2.05, 4.69) is 20.9 Å². The van der Waals surface area contributed by atoms with Gasteiger partial charge in [-0.3, -0.25) is 9.69 Å². The van der Waals surface area contributed by atoms with Crippen LogP contribution in [0.3, 0.4) is 0 Å². The molecular formula is C20H19BrN2O3S. The minimum absolute atomic E-state index is 0.0374. The van der Waals surface area contributed by atoms with Crippen LogP contribution in [0.15, 0.2) is 53.0 Å². The van der Waals surface area contributed by atoms with Gasteiger partial charge < -0.3 is 9.47 Å². The first-order chi connectivity index (χ1) is 13.2. The van der Waals surface area contributed by atoms with Gasteiger partial charge in [-0.05, 0) is 49.2 Å². The summed E-state index contributed by atoms with van der Waals surface area (Å²) in [7, 11) is 0. The van der Waals surface area contributed by atoms with Crippen LogP contribution >= 0.6 is 27.3 Å². The molecule has 1 saturated heterocycles. The molecular weight excluding hydrogens is 428 g/mol. The summed E-state index contributed by atoms with van der Waals surface area (Å²) in [6.07, 6.45) is 2.04. The fourth-order valence-corrected chi connectivity index (χ4v) is 4.26. The molecule has 1 aliphatic heterocycles. The largest absolute Gasteiger partial charge is 0.484 e. The van der Waals surface area contributed by atoms with Gasteiger partial charge in [-0.25, -0.2) is 4.98 Å². The number of hydrogen-bond acceptors (Lipinski definition) is 5. The molecule has 0 saturated carbocycles. The van der Waals surface area contributed by atoms with E-state index in [4.69, 9.17) is 9.47 Å².